The normalized spacial score (nSPS) is 14.4. The Balaban J connectivity index is 1.46. The van der Waals surface area contributed by atoms with Crippen LogP contribution in [0, 0.1) is 6.92 Å². The minimum atomic E-state index is -3.78. The van der Waals surface area contributed by atoms with Gasteiger partial charge in [-0.2, -0.15) is 0 Å². The Kier molecular flexibility index (Phi) is 6.35. The van der Waals surface area contributed by atoms with Crippen LogP contribution in [-0.2, 0) is 26.0 Å². The molecule has 0 aliphatic carbocycles. The van der Waals surface area contributed by atoms with Gasteiger partial charge in [-0.1, -0.05) is 42.5 Å². The highest BCUT2D eigenvalue weighted by Gasteiger charge is 2.21. The van der Waals surface area contributed by atoms with E-state index >= 15 is 0 Å². The highest BCUT2D eigenvalue weighted by molar-refractivity contribution is 7.93. The third-order valence-corrected chi connectivity index (χ3v) is 7.62. The van der Waals surface area contributed by atoms with Crippen LogP contribution in [0.15, 0.2) is 59.5 Å². The summed E-state index contributed by atoms with van der Waals surface area (Å²) in [6.45, 7) is 4.03. The molecule has 9 heteroatoms. The maximum Gasteiger partial charge on any atom is 0.263 e. The van der Waals surface area contributed by atoms with Crippen LogP contribution in [-0.4, -0.2) is 50.5 Å². The van der Waals surface area contributed by atoms with Crippen molar-refractivity contribution in [2.24, 2.45) is 0 Å². The maximum atomic E-state index is 12.8. The molecule has 162 valence electrons. The fourth-order valence-electron chi connectivity index (χ4n) is 3.33. The second kappa shape index (κ2) is 9.17. The van der Waals surface area contributed by atoms with Crippen molar-refractivity contribution < 1.29 is 17.9 Å². The lowest BCUT2D eigenvalue weighted by Crippen LogP contribution is -2.41. The average molecular weight is 458 g/mol. The molecule has 0 bridgehead atoms. The Morgan fingerprint density at radius 3 is 2.39 bits per heavy atom. The SMILES string of the molecule is Cc1nc(NS(=O)(=O)c2ccc(-c3ccccc3)cc2)sc1CC(=O)N1CCOCC1. The number of aryl methyl sites for hydroxylation is 1. The largest absolute Gasteiger partial charge is 0.378 e. The smallest absolute Gasteiger partial charge is 0.263 e. The molecule has 1 amide bonds. The van der Waals surface area contributed by atoms with Crippen molar-refractivity contribution in [1.29, 1.82) is 0 Å². The van der Waals surface area contributed by atoms with Gasteiger partial charge in [0.1, 0.15) is 0 Å². The minimum Gasteiger partial charge on any atom is -0.378 e. The van der Waals surface area contributed by atoms with Crippen molar-refractivity contribution in [3.63, 3.8) is 0 Å². The summed E-state index contributed by atoms with van der Waals surface area (Å²) in [4.78, 5) is 19.5. The first kappa shape index (κ1) is 21.5. The Morgan fingerprint density at radius 1 is 1.06 bits per heavy atom. The zero-order valence-electron chi connectivity index (χ0n) is 17.1. The molecule has 4 rings (SSSR count). The van der Waals surface area contributed by atoms with Gasteiger partial charge < -0.3 is 9.64 Å². The quantitative estimate of drug-likeness (QED) is 0.613. The monoisotopic (exact) mass is 457 g/mol. The zero-order valence-corrected chi connectivity index (χ0v) is 18.7. The van der Waals surface area contributed by atoms with Gasteiger partial charge in [0.05, 0.1) is 30.2 Å². The summed E-state index contributed by atoms with van der Waals surface area (Å²) >= 11 is 1.19. The average Bonchev–Trinajstić information content (AvgIpc) is 3.12. The van der Waals surface area contributed by atoms with Gasteiger partial charge in [0.25, 0.3) is 10.0 Å². The lowest BCUT2D eigenvalue weighted by Gasteiger charge is -2.26. The van der Waals surface area contributed by atoms with Crippen LogP contribution in [0.1, 0.15) is 10.6 Å². The Hall–Kier alpha value is -2.75. The summed E-state index contributed by atoms with van der Waals surface area (Å²) in [6, 6.07) is 16.5. The number of nitrogens with one attached hydrogen (secondary N) is 1. The van der Waals surface area contributed by atoms with Crippen molar-refractivity contribution in [2.45, 2.75) is 18.2 Å². The minimum absolute atomic E-state index is 0.000887. The molecule has 0 atom stereocenters. The van der Waals surface area contributed by atoms with Crippen LogP contribution < -0.4 is 4.72 Å². The van der Waals surface area contributed by atoms with Gasteiger partial charge in [-0.05, 0) is 30.2 Å². The van der Waals surface area contributed by atoms with Crippen molar-refractivity contribution in [3.05, 3.63) is 65.2 Å². The molecular formula is C22H23N3O4S2. The van der Waals surface area contributed by atoms with E-state index in [1.807, 2.05) is 30.3 Å². The number of aromatic nitrogens is 1. The summed E-state index contributed by atoms with van der Waals surface area (Å²) < 4.78 is 33.4. The number of sulfonamides is 1. The number of carbonyl (C=O) groups is 1. The number of rotatable bonds is 6. The molecule has 2 aromatic carbocycles. The van der Waals surface area contributed by atoms with Gasteiger partial charge in [-0.15, -0.1) is 11.3 Å². The van der Waals surface area contributed by atoms with Gasteiger partial charge in [0, 0.05) is 18.0 Å². The summed E-state index contributed by atoms with van der Waals surface area (Å²) in [5.74, 6) is 0.000887. The van der Waals surface area contributed by atoms with Gasteiger partial charge >= 0.3 is 0 Å². The second-order valence-electron chi connectivity index (χ2n) is 7.19. The first-order valence-electron chi connectivity index (χ1n) is 9.92. The van der Waals surface area contributed by atoms with E-state index in [4.69, 9.17) is 4.74 Å². The highest BCUT2D eigenvalue weighted by Crippen LogP contribution is 2.27. The van der Waals surface area contributed by atoms with Gasteiger partial charge in [0.15, 0.2) is 5.13 Å². The predicted molar refractivity (Wildman–Crippen MR) is 121 cm³/mol. The molecule has 1 aromatic heterocycles. The summed E-state index contributed by atoms with van der Waals surface area (Å²) in [7, 11) is -3.78. The van der Waals surface area contributed by atoms with Crippen molar-refractivity contribution in [3.8, 4) is 11.1 Å². The lowest BCUT2D eigenvalue weighted by atomic mass is 10.1. The highest BCUT2D eigenvalue weighted by atomic mass is 32.2. The van der Waals surface area contributed by atoms with Crippen molar-refractivity contribution in [1.82, 2.24) is 9.88 Å². The molecule has 0 radical (unpaired) electrons. The molecule has 2 heterocycles. The first-order valence-corrected chi connectivity index (χ1v) is 12.2. The third kappa shape index (κ3) is 5.12. The van der Waals surface area contributed by atoms with Crippen molar-refractivity contribution >= 4 is 32.4 Å². The number of thiazole rings is 1. The summed E-state index contributed by atoms with van der Waals surface area (Å²) in [5, 5.41) is 0.259. The number of nitrogens with zero attached hydrogens (tertiary/aromatic N) is 2. The summed E-state index contributed by atoms with van der Waals surface area (Å²) in [6.07, 6.45) is 0.205. The van der Waals surface area contributed by atoms with E-state index in [1.54, 1.807) is 36.1 Å². The van der Waals surface area contributed by atoms with Crippen LogP contribution in [0.2, 0.25) is 0 Å². The standard InChI is InChI=1S/C22H23N3O4S2/c1-16-20(15-21(26)25-11-13-29-14-12-25)30-22(23-16)24-31(27,28)19-9-7-18(8-10-19)17-5-3-2-4-6-17/h2-10H,11-15H2,1H3,(H,23,24). The Morgan fingerprint density at radius 2 is 1.71 bits per heavy atom. The topological polar surface area (TPSA) is 88.6 Å². The van der Waals surface area contributed by atoms with Gasteiger partial charge in [-0.3, -0.25) is 9.52 Å². The van der Waals surface area contributed by atoms with Crippen LogP contribution in [0.25, 0.3) is 11.1 Å². The number of benzene rings is 2. The van der Waals surface area contributed by atoms with E-state index in [0.717, 1.165) is 16.0 Å². The molecule has 0 saturated carbocycles. The number of morpholine rings is 1. The second-order valence-corrected chi connectivity index (χ2v) is 9.96. The van der Waals surface area contributed by atoms with Crippen LogP contribution in [0.5, 0.6) is 0 Å². The van der Waals surface area contributed by atoms with Gasteiger partial charge in [0.2, 0.25) is 5.91 Å². The molecule has 1 fully saturated rings. The molecule has 1 aliphatic heterocycles. The number of ether oxygens (including phenoxy) is 1. The molecule has 3 aromatic rings. The fourth-order valence-corrected chi connectivity index (χ4v) is 5.52. The fraction of sp³-hybridized carbons (Fsp3) is 0.273. The van der Waals surface area contributed by atoms with Crippen LogP contribution in [0.3, 0.4) is 0 Å². The molecule has 1 aliphatic rings. The molecule has 1 N–H and O–H groups in total. The van der Waals surface area contributed by atoms with E-state index in [9.17, 15) is 13.2 Å². The Labute approximate surface area is 185 Å². The molecule has 0 unspecified atom stereocenters. The van der Waals surface area contributed by atoms with E-state index in [-0.39, 0.29) is 22.4 Å². The molecule has 1 saturated heterocycles. The molecule has 7 nitrogen and oxygen atoms in total. The van der Waals surface area contributed by atoms with E-state index in [0.29, 0.717) is 32.0 Å². The van der Waals surface area contributed by atoms with Gasteiger partial charge in [-0.25, -0.2) is 13.4 Å². The van der Waals surface area contributed by atoms with E-state index in [1.165, 1.54) is 11.3 Å². The lowest BCUT2D eigenvalue weighted by molar-refractivity contribution is -0.134. The predicted octanol–water partition coefficient (Wildman–Crippen LogP) is 3.32. The maximum absolute atomic E-state index is 12.8. The van der Waals surface area contributed by atoms with E-state index < -0.39 is 10.0 Å². The van der Waals surface area contributed by atoms with Crippen LogP contribution in [0.4, 0.5) is 5.13 Å². The first-order chi connectivity index (χ1) is 14.9. The zero-order chi connectivity index (χ0) is 21.8. The third-order valence-electron chi connectivity index (χ3n) is 5.06. The van der Waals surface area contributed by atoms with Crippen LogP contribution >= 0.6 is 11.3 Å². The van der Waals surface area contributed by atoms with E-state index in [2.05, 4.69) is 9.71 Å². The van der Waals surface area contributed by atoms with Crippen molar-refractivity contribution in [2.75, 3.05) is 31.0 Å². The molecule has 31 heavy (non-hydrogen) atoms. The number of hydrogen-bond acceptors (Lipinski definition) is 6. The number of carbonyl (C=O) groups excluding carboxylic acids is 1. The molecular weight excluding hydrogens is 434 g/mol. The number of hydrogen-bond donors (Lipinski definition) is 1. The molecule has 0 spiro atoms. The number of amides is 1. The summed E-state index contributed by atoms with van der Waals surface area (Å²) in [5.41, 5.74) is 2.61. The Bertz CT molecular complexity index is 1150. The number of anilines is 1.